The molecule has 0 radical (unpaired) electrons. The SMILES string of the molecule is O=c1cc[nH]c2c(C3NC(CO)C(O)C3O)c[nH]c12. The molecule has 1 fully saturated rings. The third-order valence-corrected chi connectivity index (χ3v) is 3.65. The lowest BCUT2D eigenvalue weighted by Crippen LogP contribution is -2.35. The molecule has 0 aromatic carbocycles. The van der Waals surface area contributed by atoms with Gasteiger partial charge in [0.15, 0.2) is 0 Å². The molecule has 2 aromatic heterocycles. The van der Waals surface area contributed by atoms with Crippen LogP contribution in [0, 0.1) is 0 Å². The van der Waals surface area contributed by atoms with Gasteiger partial charge in [-0.25, -0.2) is 0 Å². The zero-order valence-electron chi connectivity index (χ0n) is 10.00. The Labute approximate surface area is 107 Å². The number of aromatic amines is 2. The quantitative estimate of drug-likeness (QED) is 0.398. The first-order valence-corrected chi connectivity index (χ1v) is 6.05. The second-order valence-corrected chi connectivity index (χ2v) is 4.75. The Morgan fingerprint density at radius 1 is 1.16 bits per heavy atom. The maximum atomic E-state index is 11.6. The van der Waals surface area contributed by atoms with Crippen LogP contribution in [0.25, 0.3) is 11.0 Å². The molecule has 1 saturated heterocycles. The lowest BCUT2D eigenvalue weighted by Gasteiger charge is -2.14. The average Bonchev–Trinajstić information content (AvgIpc) is 2.94. The van der Waals surface area contributed by atoms with E-state index >= 15 is 0 Å². The number of aromatic nitrogens is 2. The van der Waals surface area contributed by atoms with Gasteiger partial charge in [0.25, 0.3) is 0 Å². The molecular formula is C12H15N3O4. The van der Waals surface area contributed by atoms with Crippen molar-refractivity contribution in [2.24, 2.45) is 0 Å². The van der Waals surface area contributed by atoms with E-state index in [0.29, 0.717) is 16.6 Å². The molecule has 7 nitrogen and oxygen atoms in total. The van der Waals surface area contributed by atoms with E-state index in [0.717, 1.165) is 0 Å². The van der Waals surface area contributed by atoms with Crippen LogP contribution in [-0.4, -0.2) is 50.1 Å². The molecule has 1 aliphatic heterocycles. The third kappa shape index (κ3) is 1.79. The maximum absolute atomic E-state index is 11.6. The molecule has 3 heterocycles. The van der Waals surface area contributed by atoms with Crippen molar-refractivity contribution in [2.75, 3.05) is 6.61 Å². The van der Waals surface area contributed by atoms with Crippen LogP contribution in [0.1, 0.15) is 11.6 Å². The van der Waals surface area contributed by atoms with Crippen molar-refractivity contribution >= 4 is 11.0 Å². The highest BCUT2D eigenvalue weighted by molar-refractivity contribution is 5.79. The van der Waals surface area contributed by atoms with Gasteiger partial charge in [-0.15, -0.1) is 0 Å². The summed E-state index contributed by atoms with van der Waals surface area (Å²) in [6, 6.07) is 0.284. The predicted molar refractivity (Wildman–Crippen MR) is 67.7 cm³/mol. The number of hydrogen-bond donors (Lipinski definition) is 6. The number of rotatable bonds is 2. The molecule has 2 aromatic rings. The number of nitrogens with one attached hydrogen (secondary N) is 3. The lowest BCUT2D eigenvalue weighted by molar-refractivity contribution is 0.0196. The molecule has 102 valence electrons. The van der Waals surface area contributed by atoms with Crippen molar-refractivity contribution in [2.45, 2.75) is 24.3 Å². The van der Waals surface area contributed by atoms with E-state index in [9.17, 15) is 15.0 Å². The number of fused-ring (bicyclic) bond motifs is 1. The Balaban J connectivity index is 2.06. The van der Waals surface area contributed by atoms with Crippen LogP contribution in [0.2, 0.25) is 0 Å². The van der Waals surface area contributed by atoms with Gasteiger partial charge >= 0.3 is 0 Å². The Hall–Kier alpha value is -1.67. The number of aliphatic hydroxyl groups is 3. The van der Waals surface area contributed by atoms with Crippen molar-refractivity contribution in [3.05, 3.63) is 34.2 Å². The molecule has 0 bridgehead atoms. The molecule has 6 N–H and O–H groups in total. The zero-order valence-corrected chi connectivity index (χ0v) is 10.00. The lowest BCUT2D eigenvalue weighted by atomic mass is 10.0. The van der Waals surface area contributed by atoms with Crippen LogP contribution in [0.5, 0.6) is 0 Å². The first-order chi connectivity index (χ1) is 9.13. The smallest absolute Gasteiger partial charge is 0.205 e. The maximum Gasteiger partial charge on any atom is 0.205 e. The summed E-state index contributed by atoms with van der Waals surface area (Å²) in [6.07, 6.45) is 1.06. The van der Waals surface area contributed by atoms with E-state index < -0.39 is 24.3 Å². The minimum absolute atomic E-state index is 0.147. The number of aliphatic hydroxyl groups excluding tert-OH is 3. The summed E-state index contributed by atoms with van der Waals surface area (Å²) >= 11 is 0. The Kier molecular flexibility index (Phi) is 2.90. The summed E-state index contributed by atoms with van der Waals surface area (Å²) in [5.74, 6) is 0. The average molecular weight is 265 g/mol. The fourth-order valence-corrected chi connectivity index (χ4v) is 2.62. The molecule has 3 rings (SSSR count). The normalized spacial score (nSPS) is 31.1. The van der Waals surface area contributed by atoms with Crippen molar-refractivity contribution < 1.29 is 15.3 Å². The highest BCUT2D eigenvalue weighted by Crippen LogP contribution is 2.30. The topological polar surface area (TPSA) is 121 Å². The molecular weight excluding hydrogens is 250 g/mol. The van der Waals surface area contributed by atoms with Gasteiger partial charge in [-0.05, 0) is 0 Å². The van der Waals surface area contributed by atoms with Gasteiger partial charge in [-0.2, -0.15) is 0 Å². The highest BCUT2D eigenvalue weighted by Gasteiger charge is 2.42. The predicted octanol–water partition coefficient (Wildman–Crippen LogP) is -1.42. The van der Waals surface area contributed by atoms with Crippen LogP contribution in [0.3, 0.4) is 0 Å². The molecule has 0 aliphatic carbocycles. The van der Waals surface area contributed by atoms with Crippen molar-refractivity contribution in [3.63, 3.8) is 0 Å². The largest absolute Gasteiger partial charge is 0.395 e. The molecule has 0 saturated carbocycles. The van der Waals surface area contributed by atoms with E-state index in [4.69, 9.17) is 5.11 Å². The second-order valence-electron chi connectivity index (χ2n) is 4.75. The minimum Gasteiger partial charge on any atom is -0.395 e. The molecule has 0 amide bonds. The second kappa shape index (κ2) is 4.46. The molecule has 7 heteroatoms. The van der Waals surface area contributed by atoms with Crippen LogP contribution < -0.4 is 10.7 Å². The Bertz CT molecular complexity index is 650. The molecule has 4 unspecified atom stereocenters. The van der Waals surface area contributed by atoms with Gasteiger partial charge in [0.05, 0.1) is 30.3 Å². The fraction of sp³-hybridized carbons (Fsp3) is 0.417. The fourth-order valence-electron chi connectivity index (χ4n) is 2.62. The first kappa shape index (κ1) is 12.4. The molecule has 4 atom stereocenters. The van der Waals surface area contributed by atoms with E-state index in [1.807, 2.05) is 0 Å². The minimum atomic E-state index is -1.05. The number of pyridine rings is 1. The third-order valence-electron chi connectivity index (χ3n) is 3.65. The summed E-state index contributed by atoms with van der Waals surface area (Å²) in [4.78, 5) is 17.5. The van der Waals surface area contributed by atoms with E-state index in [1.165, 1.54) is 12.3 Å². The van der Waals surface area contributed by atoms with Crippen LogP contribution in [0.4, 0.5) is 0 Å². The molecule has 1 aliphatic rings. The highest BCUT2D eigenvalue weighted by atomic mass is 16.3. The van der Waals surface area contributed by atoms with Crippen molar-refractivity contribution in [1.29, 1.82) is 0 Å². The van der Waals surface area contributed by atoms with Crippen LogP contribution in [0.15, 0.2) is 23.3 Å². The van der Waals surface area contributed by atoms with E-state index in [2.05, 4.69) is 15.3 Å². The summed E-state index contributed by atoms with van der Waals surface area (Å²) < 4.78 is 0. The summed E-state index contributed by atoms with van der Waals surface area (Å²) in [5.41, 5.74) is 1.53. The van der Waals surface area contributed by atoms with Crippen LogP contribution >= 0.6 is 0 Å². The van der Waals surface area contributed by atoms with Gasteiger partial charge in [-0.1, -0.05) is 0 Å². The van der Waals surface area contributed by atoms with Gasteiger partial charge in [0.2, 0.25) is 5.43 Å². The Morgan fingerprint density at radius 2 is 1.95 bits per heavy atom. The summed E-state index contributed by atoms with van der Waals surface area (Å²) in [7, 11) is 0. The van der Waals surface area contributed by atoms with Crippen LogP contribution in [-0.2, 0) is 0 Å². The van der Waals surface area contributed by atoms with Crippen molar-refractivity contribution in [1.82, 2.24) is 15.3 Å². The van der Waals surface area contributed by atoms with E-state index in [1.54, 1.807) is 6.20 Å². The standard InChI is InChI=1S/C12H15N3O4/c16-4-6-11(18)12(19)9(15-6)5-3-14-10-7(17)1-2-13-8(5)10/h1-3,6,9,11-12,14-16,18-19H,4H2,(H,13,17). The van der Waals surface area contributed by atoms with Gasteiger partial charge in [-0.3, -0.25) is 4.79 Å². The number of hydrogen-bond acceptors (Lipinski definition) is 5. The van der Waals surface area contributed by atoms with Gasteiger partial charge in [0.1, 0.15) is 11.6 Å². The summed E-state index contributed by atoms with van der Waals surface area (Å²) in [6.45, 7) is -0.270. The van der Waals surface area contributed by atoms with Gasteiger partial charge < -0.3 is 30.6 Å². The monoisotopic (exact) mass is 265 g/mol. The first-order valence-electron chi connectivity index (χ1n) is 6.05. The molecule has 0 spiro atoms. The molecule has 19 heavy (non-hydrogen) atoms. The summed E-state index contributed by atoms with van der Waals surface area (Å²) in [5, 5.41) is 31.9. The Morgan fingerprint density at radius 3 is 2.63 bits per heavy atom. The zero-order chi connectivity index (χ0) is 13.6. The van der Waals surface area contributed by atoms with Crippen molar-refractivity contribution in [3.8, 4) is 0 Å². The number of H-pyrrole nitrogens is 2. The van der Waals surface area contributed by atoms with E-state index in [-0.39, 0.29) is 12.0 Å². The van der Waals surface area contributed by atoms with Gasteiger partial charge in [0, 0.05) is 24.0 Å².